The van der Waals surface area contributed by atoms with Crippen LogP contribution in [0.25, 0.3) is 17.0 Å². The number of para-hydroxylation sites is 1. The number of anilines is 1. The van der Waals surface area contributed by atoms with Crippen molar-refractivity contribution < 1.29 is 14.3 Å². The van der Waals surface area contributed by atoms with Gasteiger partial charge in [0.25, 0.3) is 5.91 Å². The molecule has 0 saturated carbocycles. The first kappa shape index (κ1) is 23.8. The molecule has 4 aromatic rings. The van der Waals surface area contributed by atoms with Crippen molar-refractivity contribution in [3.63, 3.8) is 0 Å². The number of halogens is 1. The van der Waals surface area contributed by atoms with Crippen LogP contribution in [0.1, 0.15) is 27.0 Å². The van der Waals surface area contributed by atoms with E-state index in [9.17, 15) is 14.9 Å². The number of nitriles is 1. The predicted octanol–water partition coefficient (Wildman–Crippen LogP) is 5.98. The summed E-state index contributed by atoms with van der Waals surface area (Å²) >= 11 is 6.15. The summed E-state index contributed by atoms with van der Waals surface area (Å²) in [7, 11) is 1.35. The van der Waals surface area contributed by atoms with E-state index in [2.05, 4.69) is 5.32 Å². The number of nitrogens with one attached hydrogen (secondary N) is 1. The molecule has 0 spiro atoms. The van der Waals surface area contributed by atoms with E-state index in [0.717, 1.165) is 27.6 Å². The van der Waals surface area contributed by atoms with Crippen molar-refractivity contribution in [2.45, 2.75) is 13.5 Å². The van der Waals surface area contributed by atoms with Crippen LogP contribution in [-0.4, -0.2) is 23.6 Å². The maximum absolute atomic E-state index is 12.9. The van der Waals surface area contributed by atoms with Crippen LogP contribution in [-0.2, 0) is 16.1 Å². The van der Waals surface area contributed by atoms with E-state index in [0.29, 0.717) is 22.8 Å². The lowest BCUT2D eigenvalue weighted by atomic mass is 10.1. The molecule has 35 heavy (non-hydrogen) atoms. The number of methoxy groups -OCH3 is 1. The second kappa shape index (κ2) is 10.3. The van der Waals surface area contributed by atoms with Crippen molar-refractivity contribution in [2.75, 3.05) is 12.4 Å². The van der Waals surface area contributed by atoms with Gasteiger partial charge in [0.15, 0.2) is 0 Å². The summed E-state index contributed by atoms with van der Waals surface area (Å²) in [5.74, 6) is -0.909. The number of hydrogen-bond acceptors (Lipinski definition) is 4. The fourth-order valence-corrected chi connectivity index (χ4v) is 4.04. The highest BCUT2D eigenvalue weighted by molar-refractivity contribution is 6.31. The summed E-state index contributed by atoms with van der Waals surface area (Å²) < 4.78 is 6.84. The van der Waals surface area contributed by atoms with Gasteiger partial charge in [0.1, 0.15) is 11.6 Å². The van der Waals surface area contributed by atoms with Crippen LogP contribution in [0, 0.1) is 18.3 Å². The second-order valence-corrected chi connectivity index (χ2v) is 8.36. The molecule has 3 aromatic carbocycles. The minimum absolute atomic E-state index is 0.0278. The number of rotatable bonds is 6. The SMILES string of the molecule is COC(=O)c1cccc(Cn2cc(/C=C(/C#N)C(=O)Nc3cccc(Cl)c3C)c3ccccc32)c1. The number of fused-ring (bicyclic) bond motifs is 1. The molecule has 1 aromatic heterocycles. The lowest BCUT2D eigenvalue weighted by Crippen LogP contribution is -2.14. The van der Waals surface area contributed by atoms with Gasteiger partial charge in [0.2, 0.25) is 0 Å². The Labute approximate surface area is 208 Å². The van der Waals surface area contributed by atoms with Gasteiger partial charge in [0, 0.05) is 39.9 Å². The summed E-state index contributed by atoms with van der Waals surface area (Å²) in [6.45, 7) is 2.30. The van der Waals surface area contributed by atoms with Gasteiger partial charge in [-0.3, -0.25) is 4.79 Å². The Morgan fingerprint density at radius 1 is 1.11 bits per heavy atom. The van der Waals surface area contributed by atoms with E-state index < -0.39 is 11.9 Å². The van der Waals surface area contributed by atoms with Crippen LogP contribution in [0.4, 0.5) is 5.69 Å². The number of amides is 1. The number of carbonyl (C=O) groups excluding carboxylic acids is 2. The molecule has 4 rings (SSSR count). The molecule has 0 atom stereocenters. The molecular formula is C28H22ClN3O3. The van der Waals surface area contributed by atoms with Gasteiger partial charge in [-0.15, -0.1) is 0 Å². The monoisotopic (exact) mass is 483 g/mol. The number of carbonyl (C=O) groups is 2. The number of nitrogens with zero attached hydrogens (tertiary/aromatic N) is 2. The summed E-state index contributed by atoms with van der Waals surface area (Å²) in [5, 5.41) is 13.9. The van der Waals surface area contributed by atoms with E-state index >= 15 is 0 Å². The van der Waals surface area contributed by atoms with Crippen LogP contribution in [0.5, 0.6) is 0 Å². The minimum atomic E-state index is -0.513. The molecule has 0 fully saturated rings. The zero-order valence-corrected chi connectivity index (χ0v) is 20.0. The fraction of sp³-hybridized carbons (Fsp3) is 0.107. The quantitative estimate of drug-likeness (QED) is 0.207. The summed E-state index contributed by atoms with van der Waals surface area (Å²) in [5.41, 5.74) is 4.31. The van der Waals surface area contributed by atoms with Gasteiger partial charge in [-0.05, 0) is 54.5 Å². The predicted molar refractivity (Wildman–Crippen MR) is 137 cm³/mol. The van der Waals surface area contributed by atoms with Crippen molar-refractivity contribution >= 4 is 46.1 Å². The molecule has 1 N–H and O–H groups in total. The molecule has 174 valence electrons. The second-order valence-electron chi connectivity index (χ2n) is 7.96. The van der Waals surface area contributed by atoms with E-state index in [-0.39, 0.29) is 5.57 Å². The first-order valence-electron chi connectivity index (χ1n) is 10.8. The maximum atomic E-state index is 12.9. The van der Waals surface area contributed by atoms with E-state index in [1.54, 1.807) is 43.3 Å². The Morgan fingerprint density at radius 3 is 2.66 bits per heavy atom. The van der Waals surface area contributed by atoms with Crippen LogP contribution in [0.3, 0.4) is 0 Å². The third-order valence-electron chi connectivity index (χ3n) is 5.70. The van der Waals surface area contributed by atoms with Crippen LogP contribution in [0.2, 0.25) is 5.02 Å². The molecule has 0 saturated heterocycles. The number of esters is 1. The zero-order chi connectivity index (χ0) is 24.9. The highest BCUT2D eigenvalue weighted by atomic mass is 35.5. The van der Waals surface area contributed by atoms with E-state index in [1.165, 1.54) is 7.11 Å². The van der Waals surface area contributed by atoms with Gasteiger partial charge < -0.3 is 14.6 Å². The van der Waals surface area contributed by atoms with Gasteiger partial charge in [-0.1, -0.05) is 48.0 Å². The van der Waals surface area contributed by atoms with Crippen molar-refractivity contribution in [1.29, 1.82) is 5.26 Å². The largest absolute Gasteiger partial charge is 0.465 e. The molecular weight excluding hydrogens is 462 g/mol. The molecule has 6 nitrogen and oxygen atoms in total. The Bertz CT molecular complexity index is 1510. The maximum Gasteiger partial charge on any atom is 0.337 e. The van der Waals surface area contributed by atoms with E-state index in [4.69, 9.17) is 16.3 Å². The van der Waals surface area contributed by atoms with Crippen molar-refractivity contribution in [3.05, 3.63) is 106 Å². The Balaban J connectivity index is 1.68. The molecule has 0 aliphatic carbocycles. The smallest absolute Gasteiger partial charge is 0.337 e. The van der Waals surface area contributed by atoms with Crippen molar-refractivity contribution in [1.82, 2.24) is 4.57 Å². The van der Waals surface area contributed by atoms with Crippen LogP contribution >= 0.6 is 11.6 Å². The summed E-state index contributed by atoms with van der Waals surface area (Å²) in [6.07, 6.45) is 3.48. The first-order valence-corrected chi connectivity index (χ1v) is 11.2. The molecule has 0 aliphatic rings. The third-order valence-corrected chi connectivity index (χ3v) is 6.11. The zero-order valence-electron chi connectivity index (χ0n) is 19.2. The van der Waals surface area contributed by atoms with Gasteiger partial charge in [-0.2, -0.15) is 5.26 Å². The van der Waals surface area contributed by atoms with Crippen LogP contribution in [0.15, 0.2) is 78.5 Å². The Hall–Kier alpha value is -4.34. The van der Waals surface area contributed by atoms with Gasteiger partial charge in [0.05, 0.1) is 12.7 Å². The average Bonchev–Trinajstić information content (AvgIpc) is 3.21. The molecule has 7 heteroatoms. The normalized spacial score (nSPS) is 11.2. The molecule has 1 heterocycles. The molecule has 0 aliphatic heterocycles. The molecule has 0 bridgehead atoms. The average molecular weight is 484 g/mol. The standard InChI is InChI=1S/C28H22ClN3O3/c1-18-24(29)10-6-11-25(18)31-27(33)21(15-30)14-22-17-32(26-12-4-3-9-23(22)26)16-19-7-5-8-20(13-19)28(34)35-2/h3-14,17H,16H2,1-2H3,(H,31,33)/b21-14-. The number of benzene rings is 3. The van der Waals surface area contributed by atoms with E-state index in [1.807, 2.05) is 53.2 Å². The molecule has 0 radical (unpaired) electrons. The lowest BCUT2D eigenvalue weighted by Gasteiger charge is -2.08. The molecule has 1 amide bonds. The van der Waals surface area contributed by atoms with Crippen molar-refractivity contribution in [3.8, 4) is 6.07 Å². The minimum Gasteiger partial charge on any atom is -0.465 e. The fourth-order valence-electron chi connectivity index (χ4n) is 3.87. The number of aromatic nitrogens is 1. The van der Waals surface area contributed by atoms with Gasteiger partial charge in [-0.25, -0.2) is 4.79 Å². The highest BCUT2D eigenvalue weighted by Crippen LogP contribution is 2.26. The van der Waals surface area contributed by atoms with Crippen molar-refractivity contribution in [2.24, 2.45) is 0 Å². The van der Waals surface area contributed by atoms with Gasteiger partial charge >= 0.3 is 5.97 Å². The summed E-state index contributed by atoms with van der Waals surface area (Å²) in [6, 6.07) is 22.2. The number of ether oxygens (including phenoxy) is 1. The topological polar surface area (TPSA) is 84.1 Å². The van der Waals surface area contributed by atoms with Crippen LogP contribution < -0.4 is 5.32 Å². The first-order chi connectivity index (χ1) is 16.9. The summed E-state index contributed by atoms with van der Waals surface area (Å²) in [4.78, 5) is 24.8. The molecule has 0 unspecified atom stereocenters. The Kier molecular flexibility index (Phi) is 7.00. The third kappa shape index (κ3) is 5.11. The Morgan fingerprint density at radius 2 is 1.89 bits per heavy atom. The highest BCUT2D eigenvalue weighted by Gasteiger charge is 2.15. The number of hydrogen-bond donors (Lipinski definition) is 1. The lowest BCUT2D eigenvalue weighted by molar-refractivity contribution is -0.112.